The minimum Gasteiger partial charge on any atom is -0.335 e. The number of amides is 1. The summed E-state index contributed by atoms with van der Waals surface area (Å²) in [5, 5.41) is 0. The normalized spacial score (nSPS) is 22.9. The van der Waals surface area contributed by atoms with Crippen molar-refractivity contribution in [1.82, 2.24) is 19.4 Å². The van der Waals surface area contributed by atoms with E-state index in [1.54, 1.807) is 13.4 Å². The molecule has 1 amide bonds. The molecule has 23 heavy (non-hydrogen) atoms. The van der Waals surface area contributed by atoms with Crippen LogP contribution in [0.1, 0.15) is 36.9 Å². The predicted molar refractivity (Wildman–Crippen MR) is 85.9 cm³/mol. The Morgan fingerprint density at radius 2 is 2.00 bits per heavy atom. The zero-order valence-electron chi connectivity index (χ0n) is 13.7. The molecule has 0 bridgehead atoms. The minimum atomic E-state index is 0.0281. The van der Waals surface area contributed by atoms with Crippen LogP contribution < -0.4 is 5.56 Å². The molecule has 1 aromatic rings. The summed E-state index contributed by atoms with van der Waals surface area (Å²) in [6.45, 7) is 3.23. The Kier molecular flexibility index (Phi) is 3.71. The number of hydrogen-bond donors (Lipinski definition) is 0. The van der Waals surface area contributed by atoms with Crippen LogP contribution in [0.5, 0.6) is 0 Å². The molecule has 2 aliphatic heterocycles. The van der Waals surface area contributed by atoms with E-state index in [-0.39, 0.29) is 17.5 Å². The summed E-state index contributed by atoms with van der Waals surface area (Å²) < 4.78 is 1.52. The van der Waals surface area contributed by atoms with Gasteiger partial charge in [-0.05, 0) is 51.1 Å². The largest absolute Gasteiger partial charge is 0.335 e. The predicted octanol–water partition coefficient (Wildman–Crippen LogP) is 0.539. The molecule has 1 aliphatic carbocycles. The van der Waals surface area contributed by atoms with Gasteiger partial charge in [-0.2, -0.15) is 0 Å². The van der Waals surface area contributed by atoms with Crippen molar-refractivity contribution in [3.8, 4) is 0 Å². The van der Waals surface area contributed by atoms with Gasteiger partial charge in [-0.15, -0.1) is 0 Å². The number of fused-ring (bicyclic) bond motifs is 1. The average molecular weight is 316 g/mol. The van der Waals surface area contributed by atoms with Gasteiger partial charge in [0.1, 0.15) is 0 Å². The summed E-state index contributed by atoms with van der Waals surface area (Å²) in [7, 11) is 1.73. The van der Waals surface area contributed by atoms with Crippen molar-refractivity contribution in [2.45, 2.75) is 44.7 Å². The molecule has 0 aromatic carbocycles. The summed E-state index contributed by atoms with van der Waals surface area (Å²) in [5.41, 5.74) is 1.59. The fraction of sp³-hybridized carbons (Fsp3) is 0.706. The highest BCUT2D eigenvalue weighted by atomic mass is 16.2. The number of nitrogens with zero attached hydrogens (tertiary/aromatic N) is 4. The van der Waals surface area contributed by atoms with Crippen LogP contribution in [0.2, 0.25) is 0 Å². The Bertz CT molecular complexity index is 674. The highest BCUT2D eigenvalue weighted by molar-refractivity contribution is 5.83. The number of carbonyl (C=O) groups excluding carboxylic acids is 1. The molecule has 124 valence electrons. The molecule has 1 aromatic heterocycles. The van der Waals surface area contributed by atoms with Gasteiger partial charge >= 0.3 is 0 Å². The first-order chi connectivity index (χ1) is 11.1. The van der Waals surface area contributed by atoms with E-state index in [9.17, 15) is 9.59 Å². The average Bonchev–Trinajstić information content (AvgIpc) is 3.25. The van der Waals surface area contributed by atoms with Gasteiger partial charge in [-0.1, -0.05) is 0 Å². The van der Waals surface area contributed by atoms with Crippen molar-refractivity contribution < 1.29 is 4.79 Å². The molecule has 0 N–H and O–H groups in total. The lowest BCUT2D eigenvalue weighted by Gasteiger charge is -2.34. The van der Waals surface area contributed by atoms with Crippen molar-refractivity contribution in [3.05, 3.63) is 27.9 Å². The number of aryl methyl sites for hydroxylation is 1. The Balaban J connectivity index is 1.55. The maximum atomic E-state index is 13.1. The highest BCUT2D eigenvalue weighted by Crippen LogP contribution is 2.38. The molecule has 3 aliphatic rings. The number of hydrogen-bond acceptors (Lipinski definition) is 4. The maximum Gasteiger partial charge on any atom is 0.256 e. The summed E-state index contributed by atoms with van der Waals surface area (Å²) in [6, 6.07) is 0.0607. The second kappa shape index (κ2) is 5.74. The second-order valence-electron chi connectivity index (χ2n) is 7.12. The third kappa shape index (κ3) is 2.69. The maximum absolute atomic E-state index is 13.1. The molecule has 6 nitrogen and oxygen atoms in total. The van der Waals surface area contributed by atoms with Crippen LogP contribution in [-0.2, 0) is 24.8 Å². The van der Waals surface area contributed by atoms with Gasteiger partial charge in [0.15, 0.2) is 0 Å². The van der Waals surface area contributed by atoms with Gasteiger partial charge in [0, 0.05) is 19.2 Å². The van der Waals surface area contributed by atoms with E-state index >= 15 is 0 Å². The lowest BCUT2D eigenvalue weighted by Crippen LogP contribution is -2.51. The van der Waals surface area contributed by atoms with Gasteiger partial charge < -0.3 is 9.47 Å². The van der Waals surface area contributed by atoms with E-state index in [0.717, 1.165) is 24.3 Å². The zero-order valence-corrected chi connectivity index (χ0v) is 13.7. The van der Waals surface area contributed by atoms with Crippen molar-refractivity contribution in [1.29, 1.82) is 0 Å². The molecule has 1 saturated carbocycles. The molecule has 0 spiro atoms. The first-order valence-corrected chi connectivity index (χ1v) is 8.71. The van der Waals surface area contributed by atoms with Crippen LogP contribution in [0.15, 0.2) is 11.1 Å². The first-order valence-electron chi connectivity index (χ1n) is 8.71. The Morgan fingerprint density at radius 1 is 1.26 bits per heavy atom. The lowest BCUT2D eigenvalue weighted by atomic mass is 10.0. The SMILES string of the molecule is Cn1cnc2c(c1=O)CCN(C(=O)[C@@H](C1CC1)N1CCCC1)C2. The van der Waals surface area contributed by atoms with Gasteiger partial charge in [-0.3, -0.25) is 14.5 Å². The number of carbonyl (C=O) groups is 1. The smallest absolute Gasteiger partial charge is 0.256 e. The third-order valence-corrected chi connectivity index (χ3v) is 5.45. The molecule has 1 atom stereocenters. The van der Waals surface area contributed by atoms with Crippen LogP contribution >= 0.6 is 0 Å². The van der Waals surface area contributed by atoms with Crippen molar-refractivity contribution in [3.63, 3.8) is 0 Å². The summed E-state index contributed by atoms with van der Waals surface area (Å²) in [6.07, 6.45) is 6.95. The molecule has 4 rings (SSSR count). The summed E-state index contributed by atoms with van der Waals surface area (Å²) in [4.78, 5) is 34.0. The fourth-order valence-corrected chi connectivity index (χ4v) is 3.98. The number of likely N-dealkylation sites (tertiary alicyclic amines) is 1. The van der Waals surface area contributed by atoms with Gasteiger partial charge in [-0.25, -0.2) is 4.98 Å². The highest BCUT2D eigenvalue weighted by Gasteiger charge is 2.43. The molecule has 6 heteroatoms. The van der Waals surface area contributed by atoms with E-state index in [4.69, 9.17) is 0 Å². The lowest BCUT2D eigenvalue weighted by molar-refractivity contribution is -0.138. The van der Waals surface area contributed by atoms with Gasteiger partial charge in [0.2, 0.25) is 5.91 Å². The van der Waals surface area contributed by atoms with Crippen molar-refractivity contribution >= 4 is 5.91 Å². The second-order valence-corrected chi connectivity index (χ2v) is 7.12. The van der Waals surface area contributed by atoms with Crippen molar-refractivity contribution in [2.75, 3.05) is 19.6 Å². The van der Waals surface area contributed by atoms with Crippen LogP contribution in [0, 0.1) is 5.92 Å². The molecule has 0 unspecified atom stereocenters. The summed E-state index contributed by atoms with van der Waals surface area (Å²) >= 11 is 0. The van der Waals surface area contributed by atoms with E-state index in [1.807, 2.05) is 4.90 Å². The minimum absolute atomic E-state index is 0.0281. The van der Waals surface area contributed by atoms with Crippen molar-refractivity contribution in [2.24, 2.45) is 13.0 Å². The molecule has 0 radical (unpaired) electrons. The molecular weight excluding hydrogens is 292 g/mol. The van der Waals surface area contributed by atoms with Crippen LogP contribution in [0.3, 0.4) is 0 Å². The number of rotatable bonds is 3. The Labute approximate surface area is 136 Å². The summed E-state index contributed by atoms with van der Waals surface area (Å²) in [5.74, 6) is 0.793. The molecule has 3 heterocycles. The van der Waals surface area contributed by atoms with Gasteiger partial charge in [0.25, 0.3) is 5.56 Å². The fourth-order valence-electron chi connectivity index (χ4n) is 3.98. The topological polar surface area (TPSA) is 58.4 Å². The van der Waals surface area contributed by atoms with Crippen LogP contribution in [-0.4, -0.2) is 50.9 Å². The van der Waals surface area contributed by atoms with E-state index in [0.29, 0.717) is 25.4 Å². The molecule has 2 fully saturated rings. The monoisotopic (exact) mass is 316 g/mol. The third-order valence-electron chi connectivity index (χ3n) is 5.45. The van der Waals surface area contributed by atoms with Crippen LogP contribution in [0.25, 0.3) is 0 Å². The van der Waals surface area contributed by atoms with E-state index < -0.39 is 0 Å². The standard InChI is InChI=1S/C17H24N4O2/c1-19-11-18-14-10-21(9-6-13(14)16(19)22)17(23)15(12-4-5-12)20-7-2-3-8-20/h11-12,15H,2-10H2,1H3/t15-/m1/s1. The van der Waals surface area contributed by atoms with Gasteiger partial charge in [0.05, 0.1) is 24.6 Å². The Hall–Kier alpha value is -1.69. The van der Waals surface area contributed by atoms with E-state index in [2.05, 4.69) is 9.88 Å². The zero-order chi connectivity index (χ0) is 16.0. The first kappa shape index (κ1) is 14.9. The molecular formula is C17H24N4O2. The quantitative estimate of drug-likeness (QED) is 0.817. The van der Waals surface area contributed by atoms with Crippen LogP contribution in [0.4, 0.5) is 0 Å². The number of aromatic nitrogens is 2. The molecule has 1 saturated heterocycles. The Morgan fingerprint density at radius 3 is 2.70 bits per heavy atom. The van der Waals surface area contributed by atoms with E-state index in [1.165, 1.54) is 30.3 Å².